The van der Waals surface area contributed by atoms with Gasteiger partial charge < -0.3 is 9.47 Å². The number of rotatable bonds is 5. The van der Waals surface area contributed by atoms with E-state index in [1.165, 1.54) is 0 Å². The van der Waals surface area contributed by atoms with E-state index >= 15 is 0 Å². The maximum atomic E-state index is 13.0. The molecule has 1 fully saturated rings. The largest absolute Gasteiger partial charge is 0.340 e. The maximum Gasteiger partial charge on any atom is 0.267 e. The van der Waals surface area contributed by atoms with Crippen molar-refractivity contribution in [3.05, 3.63) is 58.2 Å². The van der Waals surface area contributed by atoms with Crippen LogP contribution in [-0.2, 0) is 11.3 Å². The van der Waals surface area contributed by atoms with Gasteiger partial charge in [0.15, 0.2) is 0 Å². The van der Waals surface area contributed by atoms with Crippen LogP contribution in [0.2, 0.25) is 0 Å². The molecule has 4 heterocycles. The van der Waals surface area contributed by atoms with E-state index in [-0.39, 0.29) is 23.4 Å². The van der Waals surface area contributed by atoms with Crippen molar-refractivity contribution in [1.82, 2.24) is 24.2 Å². The fraction of sp³-hybridized carbons (Fsp3) is 0.429. The predicted molar refractivity (Wildman–Crippen MR) is 113 cm³/mol. The van der Waals surface area contributed by atoms with Gasteiger partial charge in [-0.3, -0.25) is 9.59 Å². The molecule has 0 N–H and O–H groups in total. The minimum absolute atomic E-state index is 0.0951. The minimum Gasteiger partial charge on any atom is -0.340 e. The molecule has 3 aromatic heterocycles. The molecule has 152 valence electrons. The number of likely N-dealkylation sites (tertiary alicyclic amines) is 1. The zero-order valence-corrected chi connectivity index (χ0v) is 17.5. The normalized spacial score (nSPS) is 18.0. The quantitative estimate of drug-likeness (QED) is 0.647. The van der Waals surface area contributed by atoms with Gasteiger partial charge in [-0.05, 0) is 37.3 Å². The third-order valence-corrected chi connectivity index (χ3v) is 6.36. The number of hydrogen-bond acceptors (Lipinski definition) is 5. The van der Waals surface area contributed by atoms with Gasteiger partial charge in [0, 0.05) is 38.1 Å². The van der Waals surface area contributed by atoms with Crippen LogP contribution in [0.3, 0.4) is 0 Å². The van der Waals surface area contributed by atoms with E-state index in [9.17, 15) is 9.59 Å². The Morgan fingerprint density at radius 3 is 2.93 bits per heavy atom. The van der Waals surface area contributed by atoms with Crippen LogP contribution in [0, 0.1) is 12.8 Å². The molecule has 1 aliphatic heterocycles. The summed E-state index contributed by atoms with van der Waals surface area (Å²) in [5, 5.41) is 6.61. The first kappa shape index (κ1) is 19.6. The number of piperidine rings is 1. The van der Waals surface area contributed by atoms with Crippen LogP contribution in [0.25, 0.3) is 10.6 Å². The van der Waals surface area contributed by atoms with Crippen molar-refractivity contribution in [3.8, 4) is 10.6 Å². The van der Waals surface area contributed by atoms with Crippen molar-refractivity contribution in [2.45, 2.75) is 39.3 Å². The number of imidazole rings is 1. The molecule has 0 radical (unpaired) electrons. The number of nitrogens with zero attached hydrogens (tertiary/aromatic N) is 5. The molecular weight excluding hydrogens is 386 g/mol. The number of thiophene rings is 1. The van der Waals surface area contributed by atoms with Gasteiger partial charge in [0.05, 0.1) is 16.8 Å². The lowest BCUT2D eigenvalue weighted by molar-refractivity contribution is -0.137. The Hall–Kier alpha value is -2.74. The topological polar surface area (TPSA) is 73.0 Å². The highest BCUT2D eigenvalue weighted by molar-refractivity contribution is 7.13. The number of amides is 1. The molecule has 2 atom stereocenters. The van der Waals surface area contributed by atoms with Crippen LogP contribution in [0.5, 0.6) is 0 Å². The van der Waals surface area contributed by atoms with Crippen molar-refractivity contribution in [2.75, 3.05) is 13.1 Å². The third-order valence-electron chi connectivity index (χ3n) is 5.47. The van der Waals surface area contributed by atoms with Crippen LogP contribution in [0.4, 0.5) is 0 Å². The fourth-order valence-electron chi connectivity index (χ4n) is 3.88. The highest BCUT2D eigenvalue weighted by atomic mass is 32.1. The molecule has 3 aromatic rings. The maximum absolute atomic E-state index is 13.0. The minimum atomic E-state index is -0.149. The number of aryl methyl sites for hydroxylation is 1. The average molecular weight is 412 g/mol. The van der Waals surface area contributed by atoms with E-state index in [2.05, 4.69) is 10.1 Å². The second-order valence-electron chi connectivity index (χ2n) is 7.59. The molecule has 0 aromatic carbocycles. The second-order valence-corrected chi connectivity index (χ2v) is 8.53. The van der Waals surface area contributed by atoms with Gasteiger partial charge in [0.2, 0.25) is 5.91 Å². The van der Waals surface area contributed by atoms with E-state index in [1.807, 2.05) is 47.0 Å². The summed E-state index contributed by atoms with van der Waals surface area (Å²) in [6.07, 6.45) is 5.37. The van der Waals surface area contributed by atoms with Gasteiger partial charge in [0.25, 0.3) is 5.56 Å². The molecule has 0 spiro atoms. The highest BCUT2D eigenvalue weighted by Gasteiger charge is 2.29. The van der Waals surface area contributed by atoms with E-state index in [0.717, 1.165) is 35.8 Å². The van der Waals surface area contributed by atoms with Crippen LogP contribution in [-0.4, -0.2) is 43.2 Å². The van der Waals surface area contributed by atoms with Crippen molar-refractivity contribution in [3.63, 3.8) is 0 Å². The molecule has 29 heavy (non-hydrogen) atoms. The summed E-state index contributed by atoms with van der Waals surface area (Å²) in [6.45, 7) is 5.74. The Morgan fingerprint density at radius 2 is 2.21 bits per heavy atom. The second kappa shape index (κ2) is 8.32. The number of carbonyl (C=O) groups excluding carboxylic acids is 1. The summed E-state index contributed by atoms with van der Waals surface area (Å²) in [5.74, 6) is 0.872. The summed E-state index contributed by atoms with van der Waals surface area (Å²) < 4.78 is 3.57. The van der Waals surface area contributed by atoms with E-state index < -0.39 is 0 Å². The Kier molecular flexibility index (Phi) is 5.62. The van der Waals surface area contributed by atoms with Gasteiger partial charge in [-0.1, -0.05) is 13.0 Å². The van der Waals surface area contributed by atoms with Gasteiger partial charge in [-0.25, -0.2) is 9.67 Å². The zero-order valence-electron chi connectivity index (χ0n) is 16.7. The Labute approximate surface area is 173 Å². The predicted octanol–water partition coefficient (Wildman–Crippen LogP) is 2.98. The molecule has 0 bridgehead atoms. The van der Waals surface area contributed by atoms with Gasteiger partial charge in [-0.15, -0.1) is 11.3 Å². The first-order valence-corrected chi connectivity index (χ1v) is 10.8. The summed E-state index contributed by atoms with van der Waals surface area (Å²) >= 11 is 1.60. The van der Waals surface area contributed by atoms with Gasteiger partial charge in [0.1, 0.15) is 11.5 Å². The lowest BCUT2D eigenvalue weighted by Gasteiger charge is -2.34. The SMILES string of the molecule is Cc1nccn1C[C@H](C)C(=O)N1CCC[C@@H](n2nc(-c3cccs3)ccc2=O)C1. The molecule has 0 unspecified atom stereocenters. The zero-order chi connectivity index (χ0) is 20.4. The van der Waals surface area contributed by atoms with Crippen LogP contribution in [0.1, 0.15) is 31.6 Å². The fourth-order valence-corrected chi connectivity index (χ4v) is 4.57. The van der Waals surface area contributed by atoms with Crippen molar-refractivity contribution in [2.24, 2.45) is 5.92 Å². The standard InChI is InChI=1S/C21H25N5O2S/c1-15(13-24-11-9-22-16(24)2)21(28)25-10-3-5-17(14-25)26-20(27)8-7-18(23-26)19-6-4-12-29-19/h4,6-9,11-12,15,17H,3,5,10,13-14H2,1-2H3/t15-,17+/m0/s1. The molecule has 1 aliphatic rings. The number of hydrogen-bond donors (Lipinski definition) is 0. The van der Waals surface area contributed by atoms with Gasteiger partial charge >= 0.3 is 0 Å². The molecule has 7 nitrogen and oxygen atoms in total. The van der Waals surface area contributed by atoms with Crippen LogP contribution in [0.15, 0.2) is 46.8 Å². The number of aromatic nitrogens is 4. The summed E-state index contributed by atoms with van der Waals surface area (Å²) in [5.41, 5.74) is 0.679. The summed E-state index contributed by atoms with van der Waals surface area (Å²) in [7, 11) is 0. The Morgan fingerprint density at radius 1 is 1.34 bits per heavy atom. The van der Waals surface area contributed by atoms with E-state index in [1.54, 1.807) is 34.3 Å². The van der Waals surface area contributed by atoms with Crippen molar-refractivity contribution < 1.29 is 4.79 Å². The van der Waals surface area contributed by atoms with Crippen LogP contribution < -0.4 is 5.56 Å². The highest BCUT2D eigenvalue weighted by Crippen LogP contribution is 2.25. The van der Waals surface area contributed by atoms with Crippen molar-refractivity contribution >= 4 is 17.2 Å². The monoisotopic (exact) mass is 411 g/mol. The first-order chi connectivity index (χ1) is 14.0. The molecule has 4 rings (SSSR count). The Balaban J connectivity index is 1.50. The molecule has 8 heteroatoms. The molecule has 1 saturated heterocycles. The lowest BCUT2D eigenvalue weighted by atomic mass is 10.0. The Bertz CT molecular complexity index is 1040. The average Bonchev–Trinajstić information content (AvgIpc) is 3.40. The van der Waals surface area contributed by atoms with E-state index in [4.69, 9.17) is 0 Å². The third kappa shape index (κ3) is 4.17. The molecular formula is C21H25N5O2S. The van der Waals surface area contributed by atoms with Gasteiger partial charge in [-0.2, -0.15) is 5.10 Å². The summed E-state index contributed by atoms with van der Waals surface area (Å²) in [4.78, 5) is 32.7. The summed E-state index contributed by atoms with van der Waals surface area (Å²) in [6, 6.07) is 7.22. The molecule has 1 amide bonds. The molecule has 0 aliphatic carbocycles. The lowest BCUT2D eigenvalue weighted by Crippen LogP contribution is -2.45. The molecule has 0 saturated carbocycles. The smallest absolute Gasteiger partial charge is 0.267 e. The van der Waals surface area contributed by atoms with Crippen LogP contribution >= 0.6 is 11.3 Å². The first-order valence-electron chi connectivity index (χ1n) is 9.93. The number of carbonyl (C=O) groups is 1. The van der Waals surface area contributed by atoms with Crippen molar-refractivity contribution in [1.29, 1.82) is 0 Å². The van der Waals surface area contributed by atoms with E-state index in [0.29, 0.717) is 13.1 Å².